The summed E-state index contributed by atoms with van der Waals surface area (Å²) in [6.45, 7) is 2.21. The van der Waals surface area contributed by atoms with Crippen LogP contribution in [0.25, 0.3) is 0 Å². The van der Waals surface area contributed by atoms with Gasteiger partial charge in [0.2, 0.25) is 5.95 Å². The maximum atomic E-state index is 4.51. The van der Waals surface area contributed by atoms with Crippen molar-refractivity contribution in [3.8, 4) is 0 Å². The van der Waals surface area contributed by atoms with E-state index in [9.17, 15) is 0 Å². The molecule has 104 valence electrons. The largest absolute Gasteiger partial charge is 0.357 e. The van der Waals surface area contributed by atoms with Gasteiger partial charge in [0.1, 0.15) is 5.82 Å². The van der Waals surface area contributed by atoms with Gasteiger partial charge in [0, 0.05) is 25.5 Å². The van der Waals surface area contributed by atoms with Crippen molar-refractivity contribution in [3.05, 3.63) is 35.2 Å². The first-order chi connectivity index (χ1) is 9.81. The van der Waals surface area contributed by atoms with Gasteiger partial charge >= 0.3 is 0 Å². The van der Waals surface area contributed by atoms with Gasteiger partial charge in [0.05, 0.1) is 16.4 Å². The molecule has 0 unspecified atom stereocenters. The van der Waals surface area contributed by atoms with Crippen LogP contribution < -0.4 is 10.2 Å². The standard InChI is InChI=1S/C14H16BrN5/c15-11-8-17-14(18-9-11)19-12-4-5-13(16-10-12)20-6-2-1-3-7-20/h4-5,8-10H,1-3,6-7H2,(H,17,18,19). The third kappa shape index (κ3) is 3.25. The first-order valence-electron chi connectivity index (χ1n) is 6.77. The molecule has 0 radical (unpaired) electrons. The minimum absolute atomic E-state index is 0.570. The van der Waals surface area contributed by atoms with Crippen LogP contribution in [0.4, 0.5) is 17.5 Å². The van der Waals surface area contributed by atoms with Crippen molar-refractivity contribution >= 4 is 33.4 Å². The Morgan fingerprint density at radius 1 is 0.950 bits per heavy atom. The molecule has 6 heteroatoms. The van der Waals surface area contributed by atoms with E-state index in [1.807, 2.05) is 18.3 Å². The predicted molar refractivity (Wildman–Crippen MR) is 83.3 cm³/mol. The molecule has 1 N–H and O–H groups in total. The summed E-state index contributed by atoms with van der Waals surface area (Å²) in [5.74, 6) is 1.62. The number of hydrogen-bond donors (Lipinski definition) is 1. The van der Waals surface area contributed by atoms with E-state index in [-0.39, 0.29) is 0 Å². The second-order valence-corrected chi connectivity index (χ2v) is 5.72. The van der Waals surface area contributed by atoms with Crippen LogP contribution in [0.1, 0.15) is 19.3 Å². The monoisotopic (exact) mass is 333 g/mol. The van der Waals surface area contributed by atoms with Crippen LogP contribution in [0.5, 0.6) is 0 Å². The van der Waals surface area contributed by atoms with Gasteiger partial charge in [-0.1, -0.05) is 0 Å². The number of piperidine rings is 1. The molecule has 0 aromatic carbocycles. The fourth-order valence-corrected chi connectivity index (χ4v) is 2.48. The smallest absolute Gasteiger partial charge is 0.227 e. The molecule has 2 aromatic heterocycles. The number of hydrogen-bond acceptors (Lipinski definition) is 5. The van der Waals surface area contributed by atoms with Gasteiger partial charge < -0.3 is 10.2 Å². The SMILES string of the molecule is Brc1cnc(Nc2ccc(N3CCCCC3)nc2)nc1. The Hall–Kier alpha value is -1.69. The number of nitrogens with one attached hydrogen (secondary N) is 1. The lowest BCUT2D eigenvalue weighted by Crippen LogP contribution is -2.29. The Morgan fingerprint density at radius 3 is 2.35 bits per heavy atom. The van der Waals surface area contributed by atoms with Crippen LogP contribution in [-0.2, 0) is 0 Å². The average molecular weight is 334 g/mol. The zero-order valence-corrected chi connectivity index (χ0v) is 12.7. The highest BCUT2D eigenvalue weighted by Crippen LogP contribution is 2.20. The van der Waals surface area contributed by atoms with Crippen LogP contribution in [0.3, 0.4) is 0 Å². The summed E-state index contributed by atoms with van der Waals surface area (Å²) in [7, 11) is 0. The fraction of sp³-hybridized carbons (Fsp3) is 0.357. The van der Waals surface area contributed by atoms with Crippen LogP contribution in [0, 0.1) is 0 Å². The summed E-state index contributed by atoms with van der Waals surface area (Å²) in [5.41, 5.74) is 0.896. The lowest BCUT2D eigenvalue weighted by atomic mass is 10.1. The van der Waals surface area contributed by atoms with Gasteiger partial charge in [-0.25, -0.2) is 15.0 Å². The van der Waals surface area contributed by atoms with Crippen LogP contribution in [0.2, 0.25) is 0 Å². The number of pyridine rings is 1. The zero-order valence-electron chi connectivity index (χ0n) is 11.1. The molecule has 1 aliphatic heterocycles. The lowest BCUT2D eigenvalue weighted by molar-refractivity contribution is 0.573. The van der Waals surface area contributed by atoms with E-state index in [1.165, 1.54) is 19.3 Å². The summed E-state index contributed by atoms with van der Waals surface area (Å²) in [5, 5.41) is 3.14. The van der Waals surface area contributed by atoms with Gasteiger partial charge in [-0.05, 0) is 47.3 Å². The van der Waals surface area contributed by atoms with Gasteiger partial charge in [-0.2, -0.15) is 0 Å². The van der Waals surface area contributed by atoms with Crippen LogP contribution in [-0.4, -0.2) is 28.0 Å². The molecule has 0 amide bonds. The highest BCUT2D eigenvalue weighted by atomic mass is 79.9. The summed E-state index contributed by atoms with van der Waals surface area (Å²) in [6, 6.07) is 4.06. The first kappa shape index (κ1) is 13.3. The van der Waals surface area contributed by atoms with E-state index < -0.39 is 0 Å². The van der Waals surface area contributed by atoms with Crippen molar-refractivity contribution in [1.29, 1.82) is 0 Å². The molecule has 0 atom stereocenters. The van der Waals surface area contributed by atoms with Crippen molar-refractivity contribution in [2.75, 3.05) is 23.3 Å². The van der Waals surface area contributed by atoms with Crippen molar-refractivity contribution in [2.24, 2.45) is 0 Å². The van der Waals surface area contributed by atoms with E-state index in [4.69, 9.17) is 0 Å². The molecule has 2 aromatic rings. The summed E-state index contributed by atoms with van der Waals surface area (Å²) in [4.78, 5) is 15.2. The van der Waals surface area contributed by atoms with Crippen molar-refractivity contribution in [1.82, 2.24) is 15.0 Å². The minimum atomic E-state index is 0.570. The Bertz CT molecular complexity index is 549. The minimum Gasteiger partial charge on any atom is -0.357 e. The van der Waals surface area contributed by atoms with E-state index in [2.05, 4.69) is 41.1 Å². The Morgan fingerprint density at radius 2 is 1.70 bits per heavy atom. The molecule has 1 aliphatic rings. The summed E-state index contributed by atoms with van der Waals surface area (Å²) < 4.78 is 0.863. The van der Waals surface area contributed by atoms with Gasteiger partial charge in [0.15, 0.2) is 0 Å². The number of nitrogens with zero attached hydrogens (tertiary/aromatic N) is 4. The zero-order chi connectivity index (χ0) is 13.8. The predicted octanol–water partition coefficient (Wildman–Crippen LogP) is 3.37. The maximum Gasteiger partial charge on any atom is 0.227 e. The van der Waals surface area contributed by atoms with Gasteiger partial charge in [-0.15, -0.1) is 0 Å². The number of aromatic nitrogens is 3. The van der Waals surface area contributed by atoms with E-state index >= 15 is 0 Å². The number of halogens is 1. The van der Waals surface area contributed by atoms with Crippen molar-refractivity contribution in [3.63, 3.8) is 0 Å². The molecule has 20 heavy (non-hydrogen) atoms. The van der Waals surface area contributed by atoms with Crippen LogP contribution >= 0.6 is 15.9 Å². The lowest BCUT2D eigenvalue weighted by Gasteiger charge is -2.27. The Kier molecular flexibility index (Phi) is 4.11. The topological polar surface area (TPSA) is 53.9 Å². The normalized spacial score (nSPS) is 15.2. The highest BCUT2D eigenvalue weighted by Gasteiger charge is 2.11. The molecule has 3 heterocycles. The second kappa shape index (κ2) is 6.17. The van der Waals surface area contributed by atoms with Crippen LogP contribution in [0.15, 0.2) is 35.2 Å². The molecule has 1 saturated heterocycles. The maximum absolute atomic E-state index is 4.51. The molecule has 0 aliphatic carbocycles. The van der Waals surface area contributed by atoms with E-state index in [0.29, 0.717) is 5.95 Å². The molecular weight excluding hydrogens is 318 g/mol. The van der Waals surface area contributed by atoms with E-state index in [1.54, 1.807) is 12.4 Å². The van der Waals surface area contributed by atoms with Gasteiger partial charge in [0.25, 0.3) is 0 Å². The first-order valence-corrected chi connectivity index (χ1v) is 7.56. The van der Waals surface area contributed by atoms with Crippen molar-refractivity contribution in [2.45, 2.75) is 19.3 Å². The molecule has 0 saturated carbocycles. The Labute approximate surface area is 126 Å². The van der Waals surface area contributed by atoms with E-state index in [0.717, 1.165) is 29.1 Å². The molecule has 5 nitrogen and oxygen atoms in total. The molecule has 1 fully saturated rings. The quantitative estimate of drug-likeness (QED) is 0.933. The average Bonchev–Trinajstić information content (AvgIpc) is 2.51. The molecule has 3 rings (SSSR count). The third-order valence-corrected chi connectivity index (χ3v) is 3.71. The summed E-state index contributed by atoms with van der Waals surface area (Å²) in [6.07, 6.45) is 9.10. The fourth-order valence-electron chi connectivity index (χ4n) is 2.28. The highest BCUT2D eigenvalue weighted by molar-refractivity contribution is 9.10. The second-order valence-electron chi connectivity index (χ2n) is 4.80. The number of rotatable bonds is 3. The molecule has 0 bridgehead atoms. The Balaban J connectivity index is 1.67. The summed E-state index contributed by atoms with van der Waals surface area (Å²) >= 11 is 3.31. The van der Waals surface area contributed by atoms with Crippen molar-refractivity contribution < 1.29 is 0 Å². The number of anilines is 3. The molecule has 0 spiro atoms. The third-order valence-electron chi connectivity index (χ3n) is 3.30. The molecular formula is C14H16BrN5. The van der Waals surface area contributed by atoms with Gasteiger partial charge in [-0.3, -0.25) is 0 Å².